The fourth-order valence-corrected chi connectivity index (χ4v) is 3.54. The smallest absolute Gasteiger partial charge is 0.254 e. The molecule has 1 N–H and O–H groups in total. The fraction of sp³-hybridized carbons (Fsp3) is 0.312. The zero-order valence-corrected chi connectivity index (χ0v) is 14.3. The maximum atomic E-state index is 12.1. The van der Waals surface area contributed by atoms with E-state index in [1.165, 1.54) is 11.8 Å². The Kier molecular flexibility index (Phi) is 4.78. The zero-order chi connectivity index (χ0) is 15.5. The van der Waals surface area contributed by atoms with Crippen LogP contribution >= 0.6 is 27.7 Å². The summed E-state index contributed by atoms with van der Waals surface area (Å²) in [5.41, 5.74) is 2.32. The number of thioether (sulfide) groups is 1. The maximum absolute atomic E-state index is 12.1. The Morgan fingerprint density at radius 2 is 1.95 bits per heavy atom. The second-order valence-electron chi connectivity index (χ2n) is 5.22. The number of benzene rings is 1. The van der Waals surface area contributed by atoms with E-state index in [2.05, 4.69) is 25.9 Å². The molecule has 1 aromatic heterocycles. The highest BCUT2D eigenvalue weighted by Crippen LogP contribution is 2.20. The van der Waals surface area contributed by atoms with Crippen molar-refractivity contribution >= 4 is 33.5 Å². The topological polar surface area (TPSA) is 62.8 Å². The number of fused-ring (bicyclic) bond motifs is 1. The number of ketones is 1. The molecule has 4 nitrogen and oxygen atoms in total. The van der Waals surface area contributed by atoms with Crippen LogP contribution in [0.5, 0.6) is 0 Å². The SMILES string of the molecule is O=C(CSc1nc2c(c(=O)[nH]1)CCCC2)c1ccc(Br)cc1. The number of aromatic amines is 1. The molecule has 0 saturated carbocycles. The first-order valence-electron chi connectivity index (χ1n) is 7.17. The van der Waals surface area contributed by atoms with E-state index in [0.29, 0.717) is 10.7 Å². The molecule has 3 rings (SSSR count). The quantitative estimate of drug-likeness (QED) is 0.503. The summed E-state index contributed by atoms with van der Waals surface area (Å²) >= 11 is 4.63. The monoisotopic (exact) mass is 378 g/mol. The maximum Gasteiger partial charge on any atom is 0.254 e. The molecule has 0 unspecified atom stereocenters. The van der Waals surface area contributed by atoms with Crippen LogP contribution in [0.3, 0.4) is 0 Å². The molecule has 6 heteroatoms. The van der Waals surface area contributed by atoms with Gasteiger partial charge in [0.1, 0.15) is 0 Å². The molecule has 114 valence electrons. The lowest BCUT2D eigenvalue weighted by Crippen LogP contribution is -2.21. The van der Waals surface area contributed by atoms with Crippen molar-refractivity contribution < 1.29 is 4.79 Å². The van der Waals surface area contributed by atoms with E-state index in [1.807, 2.05) is 12.1 Å². The van der Waals surface area contributed by atoms with E-state index in [1.54, 1.807) is 12.1 Å². The number of carbonyl (C=O) groups is 1. The summed E-state index contributed by atoms with van der Waals surface area (Å²) in [6, 6.07) is 7.26. The summed E-state index contributed by atoms with van der Waals surface area (Å²) in [5, 5.41) is 0.538. The molecule has 0 radical (unpaired) electrons. The third kappa shape index (κ3) is 3.50. The number of hydrogen-bond acceptors (Lipinski definition) is 4. The molecule has 22 heavy (non-hydrogen) atoms. The van der Waals surface area contributed by atoms with Gasteiger partial charge in [-0.15, -0.1) is 0 Å². The standard InChI is InChI=1S/C16H15BrN2O2S/c17-11-7-5-10(6-8-11)14(20)9-22-16-18-13-4-2-1-3-12(13)15(21)19-16/h5-8H,1-4,9H2,(H,18,19,21). The van der Waals surface area contributed by atoms with Gasteiger partial charge in [0.2, 0.25) is 0 Å². The highest BCUT2D eigenvalue weighted by atomic mass is 79.9. The van der Waals surface area contributed by atoms with Gasteiger partial charge in [0, 0.05) is 15.6 Å². The van der Waals surface area contributed by atoms with Crippen molar-refractivity contribution in [1.29, 1.82) is 0 Å². The van der Waals surface area contributed by atoms with E-state index in [4.69, 9.17) is 0 Å². The Bertz CT molecular complexity index is 756. The van der Waals surface area contributed by atoms with Gasteiger partial charge < -0.3 is 4.98 Å². The van der Waals surface area contributed by atoms with E-state index < -0.39 is 0 Å². The average molecular weight is 379 g/mol. The molecular formula is C16H15BrN2O2S. The van der Waals surface area contributed by atoms with Crippen LogP contribution in [0, 0.1) is 0 Å². The van der Waals surface area contributed by atoms with Crippen LogP contribution in [0.2, 0.25) is 0 Å². The van der Waals surface area contributed by atoms with Crippen LogP contribution in [0.4, 0.5) is 0 Å². The highest BCUT2D eigenvalue weighted by molar-refractivity contribution is 9.10. The number of rotatable bonds is 4. The van der Waals surface area contributed by atoms with Crippen molar-refractivity contribution in [2.45, 2.75) is 30.8 Å². The number of aryl methyl sites for hydroxylation is 1. The second kappa shape index (κ2) is 6.79. The van der Waals surface area contributed by atoms with Gasteiger partial charge in [-0.25, -0.2) is 4.98 Å². The van der Waals surface area contributed by atoms with Crippen molar-refractivity contribution in [3.05, 3.63) is 55.9 Å². The van der Waals surface area contributed by atoms with Crippen LogP contribution < -0.4 is 5.56 Å². The molecule has 0 bridgehead atoms. The largest absolute Gasteiger partial charge is 0.301 e. The molecule has 0 spiro atoms. The first-order valence-corrected chi connectivity index (χ1v) is 8.95. The van der Waals surface area contributed by atoms with Gasteiger partial charge >= 0.3 is 0 Å². The second-order valence-corrected chi connectivity index (χ2v) is 7.10. The minimum atomic E-state index is -0.0525. The van der Waals surface area contributed by atoms with Crippen LogP contribution in [-0.2, 0) is 12.8 Å². The third-order valence-electron chi connectivity index (χ3n) is 3.68. The van der Waals surface area contributed by atoms with E-state index in [-0.39, 0.29) is 17.1 Å². The number of aromatic nitrogens is 2. The lowest BCUT2D eigenvalue weighted by Gasteiger charge is -2.14. The summed E-state index contributed by atoms with van der Waals surface area (Å²) < 4.78 is 0.942. The summed E-state index contributed by atoms with van der Waals surface area (Å²) in [6.45, 7) is 0. The number of H-pyrrole nitrogens is 1. The molecule has 0 atom stereocenters. The number of halogens is 1. The van der Waals surface area contributed by atoms with Gasteiger partial charge in [0.15, 0.2) is 10.9 Å². The number of nitrogens with zero attached hydrogens (tertiary/aromatic N) is 1. The number of carbonyl (C=O) groups excluding carboxylic acids is 1. The zero-order valence-electron chi connectivity index (χ0n) is 11.9. The summed E-state index contributed by atoms with van der Waals surface area (Å²) in [6.07, 6.45) is 3.78. The summed E-state index contributed by atoms with van der Waals surface area (Å²) in [4.78, 5) is 31.5. The molecule has 0 amide bonds. The van der Waals surface area contributed by atoms with Gasteiger partial charge in [-0.3, -0.25) is 9.59 Å². The number of Topliss-reactive ketones (excluding diaryl/α,β-unsaturated/α-hetero) is 1. The molecule has 1 heterocycles. The molecule has 1 aliphatic rings. The Labute approximate surface area is 140 Å². The molecule has 1 aromatic carbocycles. The Hall–Kier alpha value is -1.40. The first-order chi connectivity index (χ1) is 10.6. The minimum absolute atomic E-state index is 0.0258. The lowest BCUT2D eigenvalue weighted by atomic mass is 9.97. The predicted molar refractivity (Wildman–Crippen MR) is 90.7 cm³/mol. The van der Waals surface area contributed by atoms with Crippen LogP contribution in [-0.4, -0.2) is 21.5 Å². The van der Waals surface area contributed by atoms with Crippen molar-refractivity contribution in [3.63, 3.8) is 0 Å². The predicted octanol–water partition coefficient (Wildman–Crippen LogP) is 3.39. The molecule has 2 aromatic rings. The number of hydrogen-bond donors (Lipinski definition) is 1. The Morgan fingerprint density at radius 1 is 1.23 bits per heavy atom. The average Bonchev–Trinajstić information content (AvgIpc) is 2.53. The molecule has 1 aliphatic carbocycles. The van der Waals surface area contributed by atoms with Crippen LogP contribution in [0.1, 0.15) is 34.5 Å². The van der Waals surface area contributed by atoms with Gasteiger partial charge in [0.05, 0.1) is 11.4 Å². The van der Waals surface area contributed by atoms with Gasteiger partial charge in [-0.1, -0.05) is 39.8 Å². The molecule has 0 fully saturated rings. The van der Waals surface area contributed by atoms with Crippen LogP contribution in [0.15, 0.2) is 38.7 Å². The number of nitrogens with one attached hydrogen (secondary N) is 1. The Balaban J connectivity index is 1.71. The molecule has 0 saturated heterocycles. The molecular weight excluding hydrogens is 364 g/mol. The highest BCUT2D eigenvalue weighted by Gasteiger charge is 2.16. The van der Waals surface area contributed by atoms with Crippen molar-refractivity contribution in [3.8, 4) is 0 Å². The van der Waals surface area contributed by atoms with Crippen molar-refractivity contribution in [2.24, 2.45) is 0 Å². The molecule has 0 aliphatic heterocycles. The van der Waals surface area contributed by atoms with E-state index in [9.17, 15) is 9.59 Å². The van der Waals surface area contributed by atoms with Gasteiger partial charge in [-0.2, -0.15) is 0 Å². The van der Waals surface area contributed by atoms with Crippen molar-refractivity contribution in [1.82, 2.24) is 9.97 Å². The van der Waals surface area contributed by atoms with E-state index >= 15 is 0 Å². The van der Waals surface area contributed by atoms with Crippen molar-refractivity contribution in [2.75, 3.05) is 5.75 Å². The Morgan fingerprint density at radius 3 is 2.73 bits per heavy atom. The van der Waals surface area contributed by atoms with Gasteiger partial charge in [0.25, 0.3) is 5.56 Å². The van der Waals surface area contributed by atoms with E-state index in [0.717, 1.165) is 41.4 Å². The van der Waals surface area contributed by atoms with Gasteiger partial charge in [-0.05, 0) is 37.8 Å². The lowest BCUT2D eigenvalue weighted by molar-refractivity contribution is 0.102. The third-order valence-corrected chi connectivity index (χ3v) is 5.08. The van der Waals surface area contributed by atoms with Crippen LogP contribution in [0.25, 0.3) is 0 Å². The normalized spacial score (nSPS) is 13.7. The summed E-state index contributed by atoms with van der Waals surface area (Å²) in [5.74, 6) is 0.293. The minimum Gasteiger partial charge on any atom is -0.301 e. The summed E-state index contributed by atoms with van der Waals surface area (Å²) in [7, 11) is 0. The fourth-order valence-electron chi connectivity index (χ4n) is 2.50. The first kappa shape index (κ1) is 15.5.